The van der Waals surface area contributed by atoms with E-state index < -0.39 is 0 Å². The number of phenolic OH excluding ortho intramolecular Hbond substituents is 1. The number of fused-ring (bicyclic) bond motifs is 1. The molecule has 3 nitrogen and oxygen atoms in total. The van der Waals surface area contributed by atoms with Gasteiger partial charge in [-0.25, -0.2) is 0 Å². The molecule has 0 unspecified atom stereocenters. The molecule has 3 N–H and O–H groups in total. The third-order valence-corrected chi connectivity index (χ3v) is 3.25. The molecule has 0 aliphatic rings. The van der Waals surface area contributed by atoms with Crippen LogP contribution in [0.15, 0.2) is 54.7 Å². The lowest BCUT2D eigenvalue weighted by atomic mass is 10.1. The number of aromatic hydroxyl groups is 1. The summed E-state index contributed by atoms with van der Waals surface area (Å²) in [4.78, 5) is 3.18. The minimum absolute atomic E-state index is 0.344. The highest BCUT2D eigenvalue weighted by Crippen LogP contribution is 2.16. The van der Waals surface area contributed by atoms with Crippen molar-refractivity contribution in [2.75, 3.05) is 0 Å². The van der Waals surface area contributed by atoms with Gasteiger partial charge in [-0.1, -0.05) is 24.3 Å². The van der Waals surface area contributed by atoms with Crippen LogP contribution in [0, 0.1) is 0 Å². The van der Waals surface area contributed by atoms with Gasteiger partial charge in [-0.15, -0.1) is 0 Å². The van der Waals surface area contributed by atoms with Gasteiger partial charge >= 0.3 is 0 Å². The summed E-state index contributed by atoms with van der Waals surface area (Å²) in [6, 6.07) is 15.8. The van der Waals surface area contributed by atoms with E-state index in [4.69, 9.17) is 0 Å². The van der Waals surface area contributed by atoms with Crippen LogP contribution in [0.1, 0.15) is 11.1 Å². The van der Waals surface area contributed by atoms with Gasteiger partial charge in [-0.3, -0.25) is 0 Å². The number of nitrogens with one attached hydrogen (secondary N) is 2. The quantitative estimate of drug-likeness (QED) is 0.668. The van der Waals surface area contributed by atoms with Gasteiger partial charge in [0.1, 0.15) is 5.75 Å². The van der Waals surface area contributed by atoms with Crippen LogP contribution in [0.2, 0.25) is 0 Å². The second-order valence-electron chi connectivity index (χ2n) is 4.63. The van der Waals surface area contributed by atoms with Crippen LogP contribution in [0.25, 0.3) is 10.9 Å². The van der Waals surface area contributed by atoms with Crippen molar-refractivity contribution in [3.63, 3.8) is 0 Å². The molecule has 0 bridgehead atoms. The number of para-hydroxylation sites is 1. The van der Waals surface area contributed by atoms with Crippen molar-refractivity contribution in [3.05, 3.63) is 65.9 Å². The largest absolute Gasteiger partial charge is 0.508 e. The van der Waals surface area contributed by atoms with Crippen LogP contribution in [0.5, 0.6) is 5.75 Å². The number of aromatic nitrogens is 1. The molecule has 0 amide bonds. The van der Waals surface area contributed by atoms with Crippen LogP contribution in [-0.2, 0) is 13.1 Å². The van der Waals surface area contributed by atoms with E-state index in [1.165, 1.54) is 10.9 Å². The highest BCUT2D eigenvalue weighted by atomic mass is 16.3. The second kappa shape index (κ2) is 5.16. The van der Waals surface area contributed by atoms with Crippen molar-refractivity contribution in [2.45, 2.75) is 13.1 Å². The molecule has 1 heterocycles. The highest BCUT2D eigenvalue weighted by molar-refractivity contribution is 5.79. The summed E-state index contributed by atoms with van der Waals surface area (Å²) >= 11 is 0. The maximum Gasteiger partial charge on any atom is 0.120 e. The van der Waals surface area contributed by atoms with Crippen molar-refractivity contribution >= 4 is 10.9 Å². The molecule has 19 heavy (non-hydrogen) atoms. The third-order valence-electron chi connectivity index (χ3n) is 3.25. The Morgan fingerprint density at radius 3 is 2.79 bits per heavy atom. The van der Waals surface area contributed by atoms with Crippen LogP contribution in [0.3, 0.4) is 0 Å². The molecule has 0 aliphatic heterocycles. The lowest BCUT2D eigenvalue weighted by molar-refractivity contribution is 0.464. The molecule has 1 aromatic heterocycles. The van der Waals surface area contributed by atoms with E-state index in [-0.39, 0.29) is 0 Å². The van der Waals surface area contributed by atoms with Crippen LogP contribution < -0.4 is 5.32 Å². The van der Waals surface area contributed by atoms with E-state index in [0.717, 1.165) is 17.6 Å². The van der Waals surface area contributed by atoms with Crippen molar-refractivity contribution in [3.8, 4) is 5.75 Å². The standard InChI is InChI=1S/C16H16N2O/c19-16-4-2-1-3-14(16)11-17-10-12-5-6-15-13(9-12)7-8-18-15/h1-9,17-19H,10-11H2. The highest BCUT2D eigenvalue weighted by Gasteiger charge is 2.00. The zero-order valence-electron chi connectivity index (χ0n) is 10.6. The smallest absolute Gasteiger partial charge is 0.120 e. The summed E-state index contributed by atoms with van der Waals surface area (Å²) in [5.74, 6) is 0.344. The van der Waals surface area contributed by atoms with Crippen molar-refractivity contribution in [1.82, 2.24) is 10.3 Å². The van der Waals surface area contributed by atoms with Crippen LogP contribution >= 0.6 is 0 Å². The molecule has 96 valence electrons. The Kier molecular flexibility index (Phi) is 3.21. The van der Waals surface area contributed by atoms with E-state index in [1.54, 1.807) is 6.07 Å². The molecular formula is C16H16N2O. The molecule has 0 radical (unpaired) electrons. The van der Waals surface area contributed by atoms with Gasteiger partial charge < -0.3 is 15.4 Å². The molecule has 2 aromatic carbocycles. The molecule has 3 aromatic rings. The van der Waals surface area contributed by atoms with E-state index in [9.17, 15) is 5.11 Å². The zero-order valence-corrected chi connectivity index (χ0v) is 10.6. The lowest BCUT2D eigenvalue weighted by Gasteiger charge is -2.07. The summed E-state index contributed by atoms with van der Waals surface area (Å²) in [7, 11) is 0. The van der Waals surface area contributed by atoms with Gasteiger partial charge in [0, 0.05) is 30.4 Å². The Morgan fingerprint density at radius 2 is 1.89 bits per heavy atom. The number of benzene rings is 2. The van der Waals surface area contributed by atoms with Crippen LogP contribution in [0.4, 0.5) is 0 Å². The van der Waals surface area contributed by atoms with Gasteiger partial charge in [0.2, 0.25) is 0 Å². The Bertz CT molecular complexity index is 688. The molecule has 0 saturated heterocycles. The summed E-state index contributed by atoms with van der Waals surface area (Å²) in [6.45, 7) is 1.45. The molecule has 0 atom stereocenters. The van der Waals surface area contributed by atoms with Gasteiger partial charge in [0.15, 0.2) is 0 Å². The van der Waals surface area contributed by atoms with Crippen LogP contribution in [-0.4, -0.2) is 10.1 Å². The predicted molar refractivity (Wildman–Crippen MR) is 76.9 cm³/mol. The lowest BCUT2D eigenvalue weighted by Crippen LogP contribution is -2.12. The molecule has 3 heteroatoms. The SMILES string of the molecule is Oc1ccccc1CNCc1ccc2[nH]ccc2c1. The number of phenols is 1. The Labute approximate surface area is 111 Å². The first-order valence-electron chi connectivity index (χ1n) is 6.36. The summed E-state index contributed by atoms with van der Waals surface area (Å²) in [5, 5.41) is 14.2. The first-order chi connectivity index (χ1) is 9.33. The minimum atomic E-state index is 0.344. The molecule has 0 fully saturated rings. The van der Waals surface area contributed by atoms with E-state index >= 15 is 0 Å². The van der Waals surface area contributed by atoms with E-state index in [2.05, 4.69) is 34.6 Å². The first kappa shape index (κ1) is 11.8. The Balaban J connectivity index is 1.64. The predicted octanol–water partition coefficient (Wildman–Crippen LogP) is 3.16. The maximum absolute atomic E-state index is 9.68. The third kappa shape index (κ3) is 2.61. The number of H-pyrrole nitrogens is 1. The number of rotatable bonds is 4. The van der Waals surface area contributed by atoms with Crippen molar-refractivity contribution in [1.29, 1.82) is 0 Å². The summed E-state index contributed by atoms with van der Waals surface area (Å²) in [6.07, 6.45) is 1.95. The molecule has 0 aliphatic carbocycles. The fraction of sp³-hybridized carbons (Fsp3) is 0.125. The second-order valence-corrected chi connectivity index (χ2v) is 4.63. The number of aromatic amines is 1. The fourth-order valence-corrected chi connectivity index (χ4v) is 2.21. The summed E-state index contributed by atoms with van der Waals surface area (Å²) < 4.78 is 0. The fourth-order valence-electron chi connectivity index (χ4n) is 2.21. The normalized spacial score (nSPS) is 10.9. The average molecular weight is 252 g/mol. The summed E-state index contributed by atoms with van der Waals surface area (Å²) in [5.41, 5.74) is 3.32. The Hall–Kier alpha value is -2.26. The van der Waals surface area contributed by atoms with Crippen molar-refractivity contribution in [2.24, 2.45) is 0 Å². The van der Waals surface area contributed by atoms with Gasteiger partial charge in [-0.05, 0) is 35.2 Å². The topological polar surface area (TPSA) is 48.0 Å². The first-order valence-corrected chi connectivity index (χ1v) is 6.36. The molecular weight excluding hydrogens is 236 g/mol. The minimum Gasteiger partial charge on any atom is -0.508 e. The molecule has 3 rings (SSSR count). The number of hydrogen-bond donors (Lipinski definition) is 3. The number of hydrogen-bond acceptors (Lipinski definition) is 2. The van der Waals surface area contributed by atoms with E-state index in [1.807, 2.05) is 24.4 Å². The van der Waals surface area contributed by atoms with Gasteiger partial charge in [0.05, 0.1) is 0 Å². The van der Waals surface area contributed by atoms with Gasteiger partial charge in [0.25, 0.3) is 0 Å². The molecule has 0 spiro atoms. The zero-order chi connectivity index (χ0) is 13.1. The average Bonchev–Trinajstić information content (AvgIpc) is 2.88. The van der Waals surface area contributed by atoms with Gasteiger partial charge in [-0.2, -0.15) is 0 Å². The Morgan fingerprint density at radius 1 is 1.00 bits per heavy atom. The van der Waals surface area contributed by atoms with Crippen molar-refractivity contribution < 1.29 is 5.11 Å². The monoisotopic (exact) mass is 252 g/mol. The van der Waals surface area contributed by atoms with E-state index in [0.29, 0.717) is 12.3 Å². The maximum atomic E-state index is 9.68. The molecule has 0 saturated carbocycles.